The Hall–Kier alpha value is -0.620. The molecule has 0 fully saturated rings. The van der Waals surface area contributed by atoms with Crippen LogP contribution in [-0.4, -0.2) is 36.1 Å². The molecule has 1 aromatic carbocycles. The SMILES string of the molecule is CN(C)[C@H](Cc1ccc(I)cc1)C(=O)O. The summed E-state index contributed by atoms with van der Waals surface area (Å²) in [6.07, 6.45) is 0.541. The second-order valence-electron chi connectivity index (χ2n) is 3.65. The summed E-state index contributed by atoms with van der Waals surface area (Å²) in [4.78, 5) is 12.7. The maximum Gasteiger partial charge on any atom is 0.321 e. The molecule has 15 heavy (non-hydrogen) atoms. The molecule has 3 nitrogen and oxygen atoms in total. The van der Waals surface area contributed by atoms with Gasteiger partial charge in [-0.2, -0.15) is 0 Å². The zero-order valence-corrected chi connectivity index (χ0v) is 10.9. The van der Waals surface area contributed by atoms with Crippen LogP contribution in [0, 0.1) is 3.57 Å². The van der Waals surface area contributed by atoms with Crippen LogP contribution in [0.1, 0.15) is 5.56 Å². The lowest BCUT2D eigenvalue weighted by molar-refractivity contribution is -0.142. The first-order chi connectivity index (χ1) is 7.00. The van der Waals surface area contributed by atoms with Crippen molar-refractivity contribution in [1.29, 1.82) is 0 Å². The standard InChI is InChI=1S/C11H14INO2/c1-13(2)10(11(14)15)7-8-3-5-9(12)6-4-8/h3-6,10H,7H2,1-2H3,(H,14,15)/t10-/m1/s1. The van der Waals surface area contributed by atoms with E-state index in [1.54, 1.807) is 19.0 Å². The summed E-state index contributed by atoms with van der Waals surface area (Å²) < 4.78 is 1.16. The van der Waals surface area contributed by atoms with E-state index in [0.717, 1.165) is 9.13 Å². The number of nitrogens with zero attached hydrogens (tertiary/aromatic N) is 1. The monoisotopic (exact) mass is 319 g/mol. The van der Waals surface area contributed by atoms with Crippen molar-refractivity contribution in [2.75, 3.05) is 14.1 Å². The first-order valence-electron chi connectivity index (χ1n) is 4.64. The molecule has 0 heterocycles. The molecule has 4 heteroatoms. The van der Waals surface area contributed by atoms with Crippen molar-refractivity contribution in [3.63, 3.8) is 0 Å². The van der Waals surface area contributed by atoms with E-state index >= 15 is 0 Å². The zero-order valence-electron chi connectivity index (χ0n) is 8.77. The number of carboxylic acid groups (broad SMARTS) is 1. The highest BCUT2D eigenvalue weighted by atomic mass is 127. The number of benzene rings is 1. The van der Waals surface area contributed by atoms with Gasteiger partial charge in [0.2, 0.25) is 0 Å². The number of likely N-dealkylation sites (N-methyl/N-ethyl adjacent to an activating group) is 1. The molecule has 0 aliphatic heterocycles. The third kappa shape index (κ3) is 3.79. The zero-order chi connectivity index (χ0) is 11.4. The van der Waals surface area contributed by atoms with Crippen LogP contribution in [0.5, 0.6) is 0 Å². The lowest BCUT2D eigenvalue weighted by atomic mass is 10.1. The molecule has 0 unspecified atom stereocenters. The minimum atomic E-state index is -0.779. The Morgan fingerprint density at radius 3 is 2.33 bits per heavy atom. The van der Waals surface area contributed by atoms with Crippen LogP contribution in [0.2, 0.25) is 0 Å². The highest BCUT2D eigenvalue weighted by molar-refractivity contribution is 14.1. The lowest BCUT2D eigenvalue weighted by Gasteiger charge is -2.19. The second kappa shape index (κ2) is 5.46. The third-order valence-electron chi connectivity index (χ3n) is 2.25. The highest BCUT2D eigenvalue weighted by Gasteiger charge is 2.19. The minimum absolute atomic E-state index is 0.454. The summed E-state index contributed by atoms with van der Waals surface area (Å²) in [5, 5.41) is 9.02. The van der Waals surface area contributed by atoms with Crippen LogP contribution in [0.3, 0.4) is 0 Å². The van der Waals surface area contributed by atoms with E-state index in [1.165, 1.54) is 0 Å². The Balaban J connectivity index is 2.74. The molecule has 1 N–H and O–H groups in total. The van der Waals surface area contributed by atoms with Crippen LogP contribution in [0.25, 0.3) is 0 Å². The summed E-state index contributed by atoms with van der Waals surface area (Å²) in [6, 6.07) is 7.47. The van der Waals surface area contributed by atoms with Crippen molar-refractivity contribution in [2.24, 2.45) is 0 Å². The first kappa shape index (κ1) is 12.4. The molecule has 0 aromatic heterocycles. The van der Waals surface area contributed by atoms with Crippen molar-refractivity contribution in [3.05, 3.63) is 33.4 Å². The van der Waals surface area contributed by atoms with Gasteiger partial charge in [0.05, 0.1) is 0 Å². The molecule has 0 saturated heterocycles. The number of hydrogen-bond acceptors (Lipinski definition) is 2. The average Bonchev–Trinajstić information content (AvgIpc) is 2.15. The lowest BCUT2D eigenvalue weighted by Crippen LogP contribution is -2.37. The second-order valence-corrected chi connectivity index (χ2v) is 4.89. The van der Waals surface area contributed by atoms with E-state index in [2.05, 4.69) is 22.6 Å². The van der Waals surface area contributed by atoms with Gasteiger partial charge in [0.1, 0.15) is 6.04 Å². The molecule has 0 bridgehead atoms. The maximum atomic E-state index is 11.0. The van der Waals surface area contributed by atoms with Crippen LogP contribution in [0.15, 0.2) is 24.3 Å². The molecule has 1 atom stereocenters. The molecule has 1 rings (SSSR count). The van der Waals surface area contributed by atoms with Crippen molar-refractivity contribution >= 4 is 28.6 Å². The highest BCUT2D eigenvalue weighted by Crippen LogP contribution is 2.10. The van der Waals surface area contributed by atoms with Crippen LogP contribution >= 0.6 is 22.6 Å². The molecule has 0 aliphatic carbocycles. The molecular weight excluding hydrogens is 305 g/mol. The number of rotatable bonds is 4. The fourth-order valence-electron chi connectivity index (χ4n) is 1.33. The summed E-state index contributed by atoms with van der Waals surface area (Å²) in [5.41, 5.74) is 1.05. The van der Waals surface area contributed by atoms with Gasteiger partial charge >= 0.3 is 5.97 Å². The van der Waals surface area contributed by atoms with Gasteiger partial charge in [0, 0.05) is 3.57 Å². The van der Waals surface area contributed by atoms with E-state index in [9.17, 15) is 4.79 Å². The quantitative estimate of drug-likeness (QED) is 0.861. The van der Waals surface area contributed by atoms with E-state index in [-0.39, 0.29) is 0 Å². The Labute approximate surface area is 103 Å². The Kier molecular flexibility index (Phi) is 4.53. The average molecular weight is 319 g/mol. The molecule has 0 spiro atoms. The van der Waals surface area contributed by atoms with Gasteiger partial charge < -0.3 is 5.11 Å². The number of carbonyl (C=O) groups is 1. The Bertz CT molecular complexity index is 335. The largest absolute Gasteiger partial charge is 0.480 e. The Morgan fingerprint density at radius 2 is 1.93 bits per heavy atom. The van der Waals surface area contributed by atoms with Crippen LogP contribution in [-0.2, 0) is 11.2 Å². The Morgan fingerprint density at radius 1 is 1.40 bits per heavy atom. The molecule has 82 valence electrons. The van der Waals surface area contributed by atoms with E-state index in [0.29, 0.717) is 6.42 Å². The molecule has 0 aliphatic rings. The minimum Gasteiger partial charge on any atom is -0.480 e. The van der Waals surface area contributed by atoms with Gasteiger partial charge in [0.25, 0.3) is 0 Å². The van der Waals surface area contributed by atoms with Crippen LogP contribution < -0.4 is 0 Å². The van der Waals surface area contributed by atoms with Crippen molar-refractivity contribution in [1.82, 2.24) is 4.90 Å². The van der Waals surface area contributed by atoms with Gasteiger partial charge in [-0.05, 0) is 60.8 Å². The van der Waals surface area contributed by atoms with Crippen molar-refractivity contribution in [3.8, 4) is 0 Å². The normalized spacial score (nSPS) is 12.8. The molecule has 0 amide bonds. The molecule has 0 saturated carbocycles. The van der Waals surface area contributed by atoms with Crippen molar-refractivity contribution < 1.29 is 9.90 Å². The van der Waals surface area contributed by atoms with Crippen LogP contribution in [0.4, 0.5) is 0 Å². The van der Waals surface area contributed by atoms with Gasteiger partial charge in [-0.1, -0.05) is 12.1 Å². The van der Waals surface area contributed by atoms with E-state index < -0.39 is 12.0 Å². The van der Waals surface area contributed by atoms with Gasteiger partial charge in [-0.25, -0.2) is 0 Å². The molecular formula is C11H14INO2. The van der Waals surface area contributed by atoms with Gasteiger partial charge in [-0.15, -0.1) is 0 Å². The summed E-state index contributed by atoms with van der Waals surface area (Å²) in [5.74, 6) is -0.779. The fourth-order valence-corrected chi connectivity index (χ4v) is 1.69. The number of aliphatic carboxylic acids is 1. The summed E-state index contributed by atoms with van der Waals surface area (Å²) >= 11 is 2.23. The van der Waals surface area contributed by atoms with E-state index in [4.69, 9.17) is 5.11 Å². The third-order valence-corrected chi connectivity index (χ3v) is 2.97. The maximum absolute atomic E-state index is 11.0. The summed E-state index contributed by atoms with van der Waals surface area (Å²) in [7, 11) is 3.57. The predicted octanol–water partition coefficient (Wildman–Crippen LogP) is 1.85. The van der Waals surface area contributed by atoms with Crippen molar-refractivity contribution in [2.45, 2.75) is 12.5 Å². The number of halogens is 1. The topological polar surface area (TPSA) is 40.5 Å². The number of carboxylic acids is 1. The number of hydrogen-bond donors (Lipinski definition) is 1. The van der Waals surface area contributed by atoms with Gasteiger partial charge in [0.15, 0.2) is 0 Å². The molecule has 1 aromatic rings. The fraction of sp³-hybridized carbons (Fsp3) is 0.364. The molecule has 0 radical (unpaired) electrons. The summed E-state index contributed by atoms with van der Waals surface area (Å²) in [6.45, 7) is 0. The predicted molar refractivity (Wildman–Crippen MR) is 68.0 cm³/mol. The smallest absolute Gasteiger partial charge is 0.321 e. The van der Waals surface area contributed by atoms with Gasteiger partial charge in [-0.3, -0.25) is 9.69 Å². The first-order valence-corrected chi connectivity index (χ1v) is 5.72. The van der Waals surface area contributed by atoms with E-state index in [1.807, 2.05) is 24.3 Å².